The molecule has 2 rings (SSSR count). The summed E-state index contributed by atoms with van der Waals surface area (Å²) in [4.78, 5) is 12.0. The van der Waals surface area contributed by atoms with Gasteiger partial charge in [0.25, 0.3) is 0 Å². The second-order valence-electron chi connectivity index (χ2n) is 6.60. The lowest BCUT2D eigenvalue weighted by Gasteiger charge is -2.32. The van der Waals surface area contributed by atoms with Gasteiger partial charge in [0.1, 0.15) is 11.4 Å². The fraction of sp³-hybridized carbons (Fsp3) is 0.562. The van der Waals surface area contributed by atoms with Crippen molar-refractivity contribution >= 4 is 11.6 Å². The standard InChI is InChI=1S/C16H23FN2O/c1-15(2)7-4-8-16(10-9-15,14(18)20)19-13-6-3-5-12(17)11-13/h3,5-6,11,19H,4,7-10H2,1-2H3,(H2,18,20). The highest BCUT2D eigenvalue weighted by Gasteiger charge is 2.40. The number of carbonyl (C=O) groups excluding carboxylic acids is 1. The van der Waals surface area contributed by atoms with Crippen molar-refractivity contribution in [3.05, 3.63) is 30.1 Å². The van der Waals surface area contributed by atoms with E-state index in [4.69, 9.17) is 5.73 Å². The number of hydrogen-bond donors (Lipinski definition) is 2. The van der Waals surface area contributed by atoms with Crippen LogP contribution in [0, 0.1) is 11.2 Å². The predicted octanol–water partition coefficient (Wildman–Crippen LogP) is 3.45. The molecular formula is C16H23FN2O. The van der Waals surface area contributed by atoms with Crippen molar-refractivity contribution in [2.75, 3.05) is 5.32 Å². The third-order valence-corrected chi connectivity index (χ3v) is 4.37. The van der Waals surface area contributed by atoms with Gasteiger partial charge in [0, 0.05) is 5.69 Å². The lowest BCUT2D eigenvalue weighted by Crippen LogP contribution is -2.50. The van der Waals surface area contributed by atoms with E-state index in [-0.39, 0.29) is 17.1 Å². The van der Waals surface area contributed by atoms with Crippen LogP contribution in [0.15, 0.2) is 24.3 Å². The number of nitrogens with one attached hydrogen (secondary N) is 1. The smallest absolute Gasteiger partial charge is 0.243 e. The van der Waals surface area contributed by atoms with Crippen LogP contribution in [-0.2, 0) is 4.79 Å². The van der Waals surface area contributed by atoms with Gasteiger partial charge in [-0.05, 0) is 49.3 Å². The Kier molecular flexibility index (Phi) is 4.02. The largest absolute Gasteiger partial charge is 0.371 e. The summed E-state index contributed by atoms with van der Waals surface area (Å²) in [6.45, 7) is 4.43. The van der Waals surface area contributed by atoms with E-state index in [1.165, 1.54) is 12.1 Å². The zero-order valence-corrected chi connectivity index (χ0v) is 12.2. The molecule has 1 atom stereocenters. The van der Waals surface area contributed by atoms with Crippen molar-refractivity contribution in [2.24, 2.45) is 11.1 Å². The van der Waals surface area contributed by atoms with Crippen LogP contribution < -0.4 is 11.1 Å². The summed E-state index contributed by atoms with van der Waals surface area (Å²) in [5.74, 6) is -0.664. The quantitative estimate of drug-likeness (QED) is 0.832. The number of benzene rings is 1. The molecule has 3 N–H and O–H groups in total. The Morgan fingerprint density at radius 3 is 2.65 bits per heavy atom. The van der Waals surface area contributed by atoms with Crippen molar-refractivity contribution in [2.45, 2.75) is 51.5 Å². The molecule has 1 saturated carbocycles. The van der Waals surface area contributed by atoms with Crippen LogP contribution in [0.3, 0.4) is 0 Å². The fourth-order valence-electron chi connectivity index (χ4n) is 2.95. The van der Waals surface area contributed by atoms with Crippen LogP contribution in [0.25, 0.3) is 0 Å². The second-order valence-corrected chi connectivity index (χ2v) is 6.60. The highest BCUT2D eigenvalue weighted by molar-refractivity contribution is 5.88. The summed E-state index contributed by atoms with van der Waals surface area (Å²) in [6.07, 6.45) is 4.33. The van der Waals surface area contributed by atoms with E-state index < -0.39 is 5.54 Å². The van der Waals surface area contributed by atoms with Gasteiger partial charge >= 0.3 is 0 Å². The molecule has 0 bridgehead atoms. The maximum Gasteiger partial charge on any atom is 0.243 e. The van der Waals surface area contributed by atoms with Crippen LogP contribution in [0.4, 0.5) is 10.1 Å². The minimum atomic E-state index is -0.762. The highest BCUT2D eigenvalue weighted by Crippen LogP contribution is 2.39. The van der Waals surface area contributed by atoms with E-state index in [2.05, 4.69) is 19.2 Å². The number of amides is 1. The van der Waals surface area contributed by atoms with Gasteiger partial charge in [-0.3, -0.25) is 4.79 Å². The topological polar surface area (TPSA) is 55.1 Å². The van der Waals surface area contributed by atoms with Crippen molar-refractivity contribution in [1.82, 2.24) is 0 Å². The van der Waals surface area contributed by atoms with Gasteiger partial charge in [0.15, 0.2) is 0 Å². The molecule has 0 radical (unpaired) electrons. The number of hydrogen-bond acceptors (Lipinski definition) is 2. The minimum Gasteiger partial charge on any atom is -0.371 e. The van der Waals surface area contributed by atoms with Crippen molar-refractivity contribution in [3.8, 4) is 0 Å². The van der Waals surface area contributed by atoms with Gasteiger partial charge in [-0.15, -0.1) is 0 Å². The monoisotopic (exact) mass is 278 g/mol. The van der Waals surface area contributed by atoms with E-state index in [0.29, 0.717) is 18.5 Å². The van der Waals surface area contributed by atoms with Crippen LogP contribution in [0.1, 0.15) is 46.0 Å². The Morgan fingerprint density at radius 1 is 1.25 bits per heavy atom. The lowest BCUT2D eigenvalue weighted by molar-refractivity contribution is -0.122. The zero-order chi connectivity index (χ0) is 14.8. The molecule has 0 aromatic heterocycles. The number of rotatable bonds is 3. The third-order valence-electron chi connectivity index (χ3n) is 4.37. The molecule has 1 fully saturated rings. The average Bonchev–Trinajstić information content (AvgIpc) is 2.49. The van der Waals surface area contributed by atoms with Gasteiger partial charge in [0.05, 0.1) is 0 Å². The molecule has 0 heterocycles. The molecule has 1 aliphatic rings. The van der Waals surface area contributed by atoms with E-state index in [9.17, 15) is 9.18 Å². The molecule has 1 amide bonds. The molecule has 4 heteroatoms. The molecule has 3 nitrogen and oxygen atoms in total. The van der Waals surface area contributed by atoms with E-state index in [1.54, 1.807) is 12.1 Å². The first-order valence-electron chi connectivity index (χ1n) is 7.17. The summed E-state index contributed by atoms with van der Waals surface area (Å²) in [7, 11) is 0. The minimum absolute atomic E-state index is 0.223. The molecule has 0 saturated heterocycles. The summed E-state index contributed by atoms with van der Waals surface area (Å²) in [5.41, 5.74) is 5.73. The summed E-state index contributed by atoms with van der Waals surface area (Å²) in [5, 5.41) is 3.20. The Labute approximate surface area is 119 Å². The average molecular weight is 278 g/mol. The zero-order valence-electron chi connectivity index (χ0n) is 12.2. The first-order chi connectivity index (χ1) is 9.33. The first-order valence-corrected chi connectivity index (χ1v) is 7.17. The molecule has 20 heavy (non-hydrogen) atoms. The Bertz CT molecular complexity index is 501. The molecule has 1 aliphatic carbocycles. The Balaban J connectivity index is 2.24. The molecule has 110 valence electrons. The maximum atomic E-state index is 13.3. The van der Waals surface area contributed by atoms with Gasteiger partial charge in [-0.2, -0.15) is 0 Å². The van der Waals surface area contributed by atoms with Gasteiger partial charge in [-0.25, -0.2) is 4.39 Å². The summed E-state index contributed by atoms with van der Waals surface area (Å²) >= 11 is 0. The van der Waals surface area contributed by atoms with E-state index in [0.717, 1.165) is 19.3 Å². The van der Waals surface area contributed by atoms with Crippen LogP contribution in [0.5, 0.6) is 0 Å². The SMILES string of the molecule is CC1(C)CCCC(Nc2cccc(F)c2)(C(N)=O)CC1. The maximum absolute atomic E-state index is 13.3. The Morgan fingerprint density at radius 2 is 2.00 bits per heavy atom. The highest BCUT2D eigenvalue weighted by atomic mass is 19.1. The fourth-order valence-corrected chi connectivity index (χ4v) is 2.95. The Hall–Kier alpha value is -1.58. The third kappa shape index (κ3) is 3.30. The van der Waals surface area contributed by atoms with Crippen LogP contribution >= 0.6 is 0 Å². The van der Waals surface area contributed by atoms with Crippen LogP contribution in [-0.4, -0.2) is 11.4 Å². The molecule has 1 unspecified atom stereocenters. The number of primary amides is 1. The normalized spacial score (nSPS) is 25.8. The van der Waals surface area contributed by atoms with Gasteiger partial charge in [-0.1, -0.05) is 26.3 Å². The number of carbonyl (C=O) groups is 1. The van der Waals surface area contributed by atoms with Crippen molar-refractivity contribution < 1.29 is 9.18 Å². The molecule has 0 aliphatic heterocycles. The molecular weight excluding hydrogens is 255 g/mol. The van der Waals surface area contributed by atoms with E-state index in [1.807, 2.05) is 0 Å². The number of halogens is 1. The molecule has 1 aromatic carbocycles. The second kappa shape index (κ2) is 5.43. The summed E-state index contributed by atoms with van der Waals surface area (Å²) in [6, 6.07) is 6.19. The number of nitrogens with two attached hydrogens (primary N) is 1. The van der Waals surface area contributed by atoms with E-state index >= 15 is 0 Å². The van der Waals surface area contributed by atoms with Crippen molar-refractivity contribution in [3.63, 3.8) is 0 Å². The lowest BCUT2D eigenvalue weighted by atomic mass is 9.83. The predicted molar refractivity (Wildman–Crippen MR) is 78.8 cm³/mol. The van der Waals surface area contributed by atoms with Gasteiger partial charge < -0.3 is 11.1 Å². The molecule has 0 spiro atoms. The van der Waals surface area contributed by atoms with Crippen LogP contribution in [0.2, 0.25) is 0 Å². The summed E-state index contributed by atoms with van der Waals surface area (Å²) < 4.78 is 13.3. The molecule has 1 aromatic rings. The first kappa shape index (κ1) is 14.8. The van der Waals surface area contributed by atoms with Crippen molar-refractivity contribution in [1.29, 1.82) is 0 Å². The van der Waals surface area contributed by atoms with Gasteiger partial charge in [0.2, 0.25) is 5.91 Å². The number of anilines is 1.